The molecular weight excluding hydrogens is 404 g/mol. The molecule has 0 bridgehead atoms. The number of benzene rings is 2. The Morgan fingerprint density at radius 1 is 0.926 bits per heavy atom. The minimum Gasteiger partial charge on any atom is -0.383 e. The van der Waals surface area contributed by atoms with Gasteiger partial charge in [0, 0.05) is 11.8 Å². The van der Waals surface area contributed by atoms with Crippen LogP contribution in [0, 0.1) is 0 Å². The van der Waals surface area contributed by atoms with Crippen LogP contribution in [-0.4, -0.2) is 18.2 Å². The third-order valence-corrected chi connectivity index (χ3v) is 5.35. The summed E-state index contributed by atoms with van der Waals surface area (Å²) in [6, 6.07) is 20.8. The number of hydrogen-bond acceptors (Lipinski definition) is 3. The van der Waals surface area contributed by atoms with Gasteiger partial charge in [-0.05, 0) is 43.5 Å². The first kappa shape index (κ1) is 19.6. The van der Waals surface area contributed by atoms with Crippen LogP contribution in [0.2, 0.25) is 0 Å². The average molecular weight is 429 g/mol. The summed E-state index contributed by atoms with van der Waals surface area (Å²) in [5, 5.41) is 5.97. The lowest BCUT2D eigenvalue weighted by Gasteiger charge is -2.22. The molecule has 1 fully saturated rings. The summed E-state index contributed by atoms with van der Waals surface area (Å²) < 4.78 is 5.64. The zero-order valence-corrected chi connectivity index (χ0v) is 16.9. The Hall–Kier alpha value is -2.11. The van der Waals surface area contributed by atoms with Crippen molar-refractivity contribution in [3.63, 3.8) is 0 Å². The van der Waals surface area contributed by atoms with E-state index in [9.17, 15) is 4.79 Å². The van der Waals surface area contributed by atoms with Gasteiger partial charge in [-0.1, -0.05) is 60.7 Å². The number of hydrogen-bond donors (Lipinski definition) is 2. The highest BCUT2D eigenvalue weighted by Crippen LogP contribution is 2.32. The van der Waals surface area contributed by atoms with Crippen LogP contribution in [0.4, 0.5) is 0 Å². The Bertz CT molecular complexity index is 844. The van der Waals surface area contributed by atoms with Gasteiger partial charge < -0.3 is 9.84 Å². The van der Waals surface area contributed by atoms with Gasteiger partial charge in [-0.25, -0.2) is 0 Å². The SMILES string of the molecule is Br.O=c1[nH]oc(C2CCNCC2)c1CC(c1ccccc1)c1ccccc1. The van der Waals surface area contributed by atoms with E-state index in [-0.39, 0.29) is 28.5 Å². The molecule has 1 aliphatic rings. The lowest BCUT2D eigenvalue weighted by atomic mass is 9.84. The molecule has 0 unspecified atom stereocenters. The van der Waals surface area contributed by atoms with Crippen molar-refractivity contribution in [1.29, 1.82) is 0 Å². The van der Waals surface area contributed by atoms with Crippen LogP contribution >= 0.6 is 17.0 Å². The summed E-state index contributed by atoms with van der Waals surface area (Å²) in [5.41, 5.74) is 3.15. The number of nitrogens with one attached hydrogen (secondary N) is 2. The summed E-state index contributed by atoms with van der Waals surface area (Å²) in [6.07, 6.45) is 2.67. The van der Waals surface area contributed by atoms with E-state index < -0.39 is 0 Å². The Morgan fingerprint density at radius 2 is 1.48 bits per heavy atom. The second-order valence-corrected chi connectivity index (χ2v) is 6.98. The van der Waals surface area contributed by atoms with Crippen LogP contribution in [0.3, 0.4) is 0 Å². The molecule has 27 heavy (non-hydrogen) atoms. The molecule has 1 aliphatic heterocycles. The van der Waals surface area contributed by atoms with Crippen LogP contribution in [0.15, 0.2) is 70.0 Å². The van der Waals surface area contributed by atoms with Crippen LogP contribution in [-0.2, 0) is 6.42 Å². The van der Waals surface area contributed by atoms with E-state index in [0.717, 1.165) is 37.3 Å². The number of halogens is 1. The first-order chi connectivity index (χ1) is 12.8. The predicted molar refractivity (Wildman–Crippen MR) is 113 cm³/mol. The fourth-order valence-corrected chi connectivity index (χ4v) is 3.95. The molecule has 4 rings (SSSR count). The van der Waals surface area contributed by atoms with Gasteiger partial charge in [0.1, 0.15) is 5.76 Å². The smallest absolute Gasteiger partial charge is 0.283 e. The van der Waals surface area contributed by atoms with E-state index in [1.165, 1.54) is 11.1 Å². The molecule has 1 aromatic heterocycles. The minimum atomic E-state index is -0.0876. The fourth-order valence-electron chi connectivity index (χ4n) is 3.95. The van der Waals surface area contributed by atoms with E-state index in [0.29, 0.717) is 12.3 Å². The van der Waals surface area contributed by atoms with Crippen molar-refractivity contribution in [3.05, 3.63) is 93.5 Å². The fraction of sp³-hybridized carbons (Fsp3) is 0.318. The zero-order valence-electron chi connectivity index (χ0n) is 15.2. The summed E-state index contributed by atoms with van der Waals surface area (Å²) >= 11 is 0. The topological polar surface area (TPSA) is 58.0 Å². The molecule has 1 saturated heterocycles. The highest BCUT2D eigenvalue weighted by Gasteiger charge is 2.27. The third kappa shape index (κ3) is 4.42. The lowest BCUT2D eigenvalue weighted by Crippen LogP contribution is -2.27. The molecular formula is C22H25BrN2O2. The van der Waals surface area contributed by atoms with Crippen molar-refractivity contribution in [2.75, 3.05) is 13.1 Å². The van der Waals surface area contributed by atoms with Gasteiger partial charge in [-0.15, -0.1) is 17.0 Å². The lowest BCUT2D eigenvalue weighted by molar-refractivity contribution is 0.323. The minimum absolute atomic E-state index is 0. The van der Waals surface area contributed by atoms with Crippen molar-refractivity contribution in [2.24, 2.45) is 0 Å². The first-order valence-electron chi connectivity index (χ1n) is 9.34. The molecule has 0 radical (unpaired) electrons. The maximum absolute atomic E-state index is 12.5. The van der Waals surface area contributed by atoms with E-state index in [4.69, 9.17) is 4.52 Å². The van der Waals surface area contributed by atoms with Crippen molar-refractivity contribution in [1.82, 2.24) is 10.5 Å². The van der Waals surface area contributed by atoms with Gasteiger partial charge in [0.2, 0.25) is 0 Å². The third-order valence-electron chi connectivity index (χ3n) is 5.35. The van der Waals surface area contributed by atoms with E-state index in [1.54, 1.807) is 0 Å². The molecule has 2 N–H and O–H groups in total. The van der Waals surface area contributed by atoms with Gasteiger partial charge in [-0.3, -0.25) is 4.79 Å². The molecule has 2 heterocycles. The molecule has 0 aliphatic carbocycles. The molecule has 0 atom stereocenters. The predicted octanol–water partition coefficient (Wildman–Crippen LogP) is 4.39. The molecule has 0 saturated carbocycles. The number of rotatable bonds is 5. The van der Waals surface area contributed by atoms with Crippen molar-refractivity contribution >= 4 is 17.0 Å². The number of aromatic nitrogens is 1. The molecule has 142 valence electrons. The Balaban J connectivity index is 0.00000210. The molecule has 0 spiro atoms. The van der Waals surface area contributed by atoms with Gasteiger partial charge >= 0.3 is 0 Å². The molecule has 2 aromatic carbocycles. The molecule has 3 aromatic rings. The van der Waals surface area contributed by atoms with E-state index in [2.05, 4.69) is 59.0 Å². The monoisotopic (exact) mass is 428 g/mol. The zero-order chi connectivity index (χ0) is 17.8. The Morgan fingerprint density at radius 3 is 2.04 bits per heavy atom. The molecule has 4 nitrogen and oxygen atoms in total. The summed E-state index contributed by atoms with van der Waals surface area (Å²) in [4.78, 5) is 12.5. The van der Waals surface area contributed by atoms with Gasteiger partial charge in [0.25, 0.3) is 5.56 Å². The standard InChI is InChI=1S/C22H24N2O2.BrH/c25-22-20(21(26-24-22)18-11-13-23-14-12-18)15-19(16-7-3-1-4-8-16)17-9-5-2-6-10-17;/h1-10,18-19,23H,11-15H2,(H,24,25);1H. The summed E-state index contributed by atoms with van der Waals surface area (Å²) in [6.45, 7) is 1.94. The number of H-pyrrole nitrogens is 1. The summed E-state index contributed by atoms with van der Waals surface area (Å²) in [5.74, 6) is 1.31. The van der Waals surface area contributed by atoms with E-state index >= 15 is 0 Å². The normalized spacial score (nSPS) is 14.9. The van der Waals surface area contributed by atoms with Gasteiger partial charge in [-0.2, -0.15) is 5.16 Å². The van der Waals surface area contributed by atoms with Crippen LogP contribution < -0.4 is 10.9 Å². The maximum atomic E-state index is 12.5. The highest BCUT2D eigenvalue weighted by atomic mass is 79.9. The number of aromatic amines is 1. The van der Waals surface area contributed by atoms with Crippen LogP contribution in [0.5, 0.6) is 0 Å². The second kappa shape index (κ2) is 9.20. The van der Waals surface area contributed by atoms with Crippen molar-refractivity contribution in [2.45, 2.75) is 31.1 Å². The average Bonchev–Trinajstić information content (AvgIpc) is 3.08. The van der Waals surface area contributed by atoms with Crippen LogP contribution in [0.25, 0.3) is 0 Å². The molecule has 5 heteroatoms. The maximum Gasteiger partial charge on any atom is 0.283 e. The number of piperidine rings is 1. The van der Waals surface area contributed by atoms with Gasteiger partial charge in [0.15, 0.2) is 0 Å². The highest BCUT2D eigenvalue weighted by molar-refractivity contribution is 8.93. The quantitative estimate of drug-likeness (QED) is 0.633. The van der Waals surface area contributed by atoms with Crippen molar-refractivity contribution < 1.29 is 4.52 Å². The summed E-state index contributed by atoms with van der Waals surface area (Å²) in [7, 11) is 0. The van der Waals surface area contributed by atoms with Gasteiger partial charge in [0.05, 0.1) is 5.56 Å². The largest absolute Gasteiger partial charge is 0.383 e. The Kier molecular flexibility index (Phi) is 6.69. The van der Waals surface area contributed by atoms with E-state index in [1.807, 2.05) is 12.1 Å². The Labute approximate surface area is 169 Å². The van der Waals surface area contributed by atoms with Crippen molar-refractivity contribution in [3.8, 4) is 0 Å². The van der Waals surface area contributed by atoms with Crippen LogP contribution in [0.1, 0.15) is 47.1 Å². The first-order valence-corrected chi connectivity index (χ1v) is 9.34. The second-order valence-electron chi connectivity index (χ2n) is 6.98. The molecule has 0 amide bonds.